The molecule has 1 unspecified atom stereocenters. The molecule has 0 fully saturated rings. The number of anilines is 1. The van der Waals surface area contributed by atoms with Gasteiger partial charge < -0.3 is 30.5 Å². The Balaban J connectivity index is 1.98. The van der Waals surface area contributed by atoms with Crippen LogP contribution in [0.3, 0.4) is 0 Å². The van der Waals surface area contributed by atoms with Crippen molar-refractivity contribution in [3.63, 3.8) is 0 Å². The molecule has 0 heterocycles. The van der Waals surface area contributed by atoms with Crippen molar-refractivity contribution < 1.29 is 37.3 Å². The van der Waals surface area contributed by atoms with E-state index in [0.29, 0.717) is 17.5 Å². The molecule has 0 radical (unpaired) electrons. The van der Waals surface area contributed by atoms with Gasteiger partial charge in [-0.15, -0.1) is 0 Å². The topological polar surface area (TPSA) is 109 Å². The molecule has 214 valence electrons. The predicted molar refractivity (Wildman–Crippen MR) is 141 cm³/mol. The van der Waals surface area contributed by atoms with Gasteiger partial charge in [0.25, 0.3) is 0 Å². The SMILES string of the molecule is COc1c(NC(=O)N[C@@H]2Cc3ccccc3[C@H]2O)cc(C(C)(C)C)cc1C(NC(=O)OC(C)(C)C)C(F)(F)F. The van der Waals surface area contributed by atoms with E-state index in [9.17, 15) is 27.9 Å². The molecule has 3 atom stereocenters. The van der Waals surface area contributed by atoms with Crippen LogP contribution >= 0.6 is 0 Å². The third-order valence-electron chi connectivity index (χ3n) is 6.25. The number of nitrogens with one attached hydrogen (secondary N) is 3. The summed E-state index contributed by atoms with van der Waals surface area (Å²) in [7, 11) is 1.18. The molecular weight excluding hydrogens is 515 g/mol. The van der Waals surface area contributed by atoms with Gasteiger partial charge >= 0.3 is 18.3 Å². The molecule has 2 aromatic carbocycles. The second-order valence-corrected chi connectivity index (χ2v) is 11.6. The molecule has 11 heteroatoms. The Bertz CT molecular complexity index is 1220. The Morgan fingerprint density at radius 1 is 1.05 bits per heavy atom. The lowest BCUT2D eigenvalue weighted by Crippen LogP contribution is -2.42. The Labute approximate surface area is 226 Å². The highest BCUT2D eigenvalue weighted by Crippen LogP contribution is 2.43. The largest absolute Gasteiger partial charge is 0.494 e. The number of aliphatic hydroxyl groups is 1. The van der Waals surface area contributed by atoms with Gasteiger partial charge in [-0.2, -0.15) is 13.2 Å². The van der Waals surface area contributed by atoms with Crippen molar-refractivity contribution in [3.8, 4) is 5.75 Å². The standard InChI is InChI=1S/C28H36F3N3O5/c1-26(2,3)16-13-18(23(28(29,30)31)34-25(37)39-27(4,5)6)22(38-7)20(14-16)33-24(36)32-19-12-15-10-8-9-11-17(15)21(19)35/h8-11,13-14,19,21,23,35H,12H2,1-7H3,(H,34,37)(H2,32,33,36)/t19-,21-,23?/m1/s1. The van der Waals surface area contributed by atoms with Crippen molar-refractivity contribution in [1.82, 2.24) is 10.6 Å². The van der Waals surface area contributed by atoms with Gasteiger partial charge in [0.05, 0.1) is 24.9 Å². The average molecular weight is 552 g/mol. The lowest BCUT2D eigenvalue weighted by Gasteiger charge is -2.29. The van der Waals surface area contributed by atoms with Gasteiger partial charge in [-0.05, 0) is 61.4 Å². The Kier molecular flexibility index (Phi) is 8.45. The fraction of sp³-hybridized carbons (Fsp3) is 0.500. The predicted octanol–water partition coefficient (Wildman–Crippen LogP) is 5.90. The summed E-state index contributed by atoms with van der Waals surface area (Å²) in [5.74, 6) is -0.271. The fourth-order valence-electron chi connectivity index (χ4n) is 4.41. The number of hydrogen-bond donors (Lipinski definition) is 4. The average Bonchev–Trinajstić information content (AvgIpc) is 3.09. The molecule has 1 aliphatic carbocycles. The number of benzene rings is 2. The van der Waals surface area contributed by atoms with E-state index in [1.807, 2.05) is 17.4 Å². The number of alkyl carbamates (subject to hydrolysis) is 1. The van der Waals surface area contributed by atoms with Crippen LogP contribution in [-0.4, -0.2) is 42.2 Å². The Morgan fingerprint density at radius 2 is 1.69 bits per heavy atom. The molecule has 0 saturated carbocycles. The van der Waals surface area contributed by atoms with Crippen molar-refractivity contribution in [1.29, 1.82) is 0 Å². The molecule has 3 rings (SSSR count). The first-order valence-corrected chi connectivity index (χ1v) is 12.5. The van der Waals surface area contributed by atoms with Gasteiger partial charge in [0.15, 0.2) is 6.04 Å². The van der Waals surface area contributed by atoms with Crippen molar-refractivity contribution >= 4 is 17.8 Å². The second-order valence-electron chi connectivity index (χ2n) is 11.6. The van der Waals surface area contributed by atoms with Gasteiger partial charge in [0.2, 0.25) is 0 Å². The van der Waals surface area contributed by atoms with Crippen LogP contribution in [0.5, 0.6) is 5.75 Å². The monoisotopic (exact) mass is 551 g/mol. The number of methoxy groups -OCH3 is 1. The molecule has 0 saturated heterocycles. The van der Waals surface area contributed by atoms with E-state index in [4.69, 9.17) is 9.47 Å². The van der Waals surface area contributed by atoms with Crippen molar-refractivity contribution in [3.05, 3.63) is 58.7 Å². The molecule has 0 bridgehead atoms. The maximum atomic E-state index is 14.3. The maximum absolute atomic E-state index is 14.3. The number of amides is 3. The van der Waals surface area contributed by atoms with E-state index < -0.39 is 53.1 Å². The van der Waals surface area contributed by atoms with Gasteiger partial charge in [-0.1, -0.05) is 45.0 Å². The minimum atomic E-state index is -4.92. The van der Waals surface area contributed by atoms with Crippen LogP contribution in [0.25, 0.3) is 0 Å². The summed E-state index contributed by atoms with van der Waals surface area (Å²) in [4.78, 5) is 25.4. The number of rotatable bonds is 5. The number of hydrogen-bond acceptors (Lipinski definition) is 5. The van der Waals surface area contributed by atoms with Crippen LogP contribution in [0.15, 0.2) is 36.4 Å². The first-order chi connectivity index (χ1) is 17.9. The highest BCUT2D eigenvalue weighted by Gasteiger charge is 2.45. The van der Waals surface area contributed by atoms with Crippen LogP contribution in [0, 0.1) is 0 Å². The number of carbonyl (C=O) groups is 2. The smallest absolute Gasteiger partial charge is 0.413 e. The van der Waals surface area contributed by atoms with E-state index in [1.165, 1.54) is 40.0 Å². The molecule has 0 aromatic heterocycles. The van der Waals surface area contributed by atoms with Crippen LogP contribution < -0.4 is 20.7 Å². The molecule has 4 N–H and O–H groups in total. The van der Waals surface area contributed by atoms with Crippen molar-refractivity contribution in [2.24, 2.45) is 0 Å². The van der Waals surface area contributed by atoms with E-state index in [-0.39, 0.29) is 11.4 Å². The molecule has 8 nitrogen and oxygen atoms in total. The molecule has 39 heavy (non-hydrogen) atoms. The lowest BCUT2D eigenvalue weighted by atomic mass is 9.84. The van der Waals surface area contributed by atoms with Crippen LogP contribution in [0.4, 0.5) is 28.4 Å². The third kappa shape index (κ3) is 7.35. The number of carbonyl (C=O) groups excluding carboxylic acids is 2. The summed E-state index contributed by atoms with van der Waals surface area (Å²) in [5, 5.41) is 17.8. The van der Waals surface area contributed by atoms with Crippen LogP contribution in [0.2, 0.25) is 0 Å². The van der Waals surface area contributed by atoms with E-state index in [2.05, 4.69) is 10.6 Å². The first-order valence-electron chi connectivity index (χ1n) is 12.5. The third-order valence-corrected chi connectivity index (χ3v) is 6.25. The summed E-state index contributed by atoms with van der Waals surface area (Å²) in [6.45, 7) is 10.0. The van der Waals surface area contributed by atoms with Gasteiger partial charge in [0, 0.05) is 5.56 Å². The van der Waals surface area contributed by atoms with Crippen LogP contribution in [-0.2, 0) is 16.6 Å². The first kappa shape index (κ1) is 30.1. The van der Waals surface area contributed by atoms with Crippen LogP contribution in [0.1, 0.15) is 75.9 Å². The molecule has 1 aliphatic rings. The summed E-state index contributed by atoms with van der Waals surface area (Å²) >= 11 is 0. The number of aliphatic hydroxyl groups excluding tert-OH is 1. The zero-order valence-electron chi connectivity index (χ0n) is 23.1. The van der Waals surface area contributed by atoms with E-state index >= 15 is 0 Å². The van der Waals surface area contributed by atoms with Crippen molar-refractivity contribution in [2.75, 3.05) is 12.4 Å². The van der Waals surface area contributed by atoms with Gasteiger partial charge in [-0.25, -0.2) is 9.59 Å². The molecule has 3 amide bonds. The second kappa shape index (κ2) is 11.0. The van der Waals surface area contributed by atoms with E-state index in [1.54, 1.807) is 32.9 Å². The summed E-state index contributed by atoms with van der Waals surface area (Å²) in [6.07, 6.45) is -6.71. The maximum Gasteiger partial charge on any atom is 0.413 e. The highest BCUT2D eigenvalue weighted by atomic mass is 19.4. The molecule has 0 aliphatic heterocycles. The number of halogens is 3. The normalized spacial score (nSPS) is 18.1. The Morgan fingerprint density at radius 3 is 2.23 bits per heavy atom. The minimum Gasteiger partial charge on any atom is -0.494 e. The fourth-order valence-corrected chi connectivity index (χ4v) is 4.41. The zero-order valence-corrected chi connectivity index (χ0v) is 23.1. The highest BCUT2D eigenvalue weighted by molar-refractivity contribution is 5.92. The number of alkyl halides is 3. The zero-order chi connectivity index (χ0) is 29.3. The lowest BCUT2D eigenvalue weighted by molar-refractivity contribution is -0.157. The quantitative estimate of drug-likeness (QED) is 0.370. The van der Waals surface area contributed by atoms with Crippen molar-refractivity contribution in [2.45, 2.75) is 83.3 Å². The minimum absolute atomic E-state index is 0.0253. The number of fused-ring (bicyclic) bond motifs is 1. The number of ether oxygens (including phenoxy) is 2. The summed E-state index contributed by atoms with van der Waals surface area (Å²) in [5.41, 5.74) is -0.00645. The van der Waals surface area contributed by atoms with E-state index in [0.717, 1.165) is 5.56 Å². The van der Waals surface area contributed by atoms with Gasteiger partial charge in [-0.3, -0.25) is 0 Å². The number of urea groups is 1. The molecular formula is C28H36F3N3O5. The summed E-state index contributed by atoms with van der Waals surface area (Å²) in [6, 6.07) is 6.24. The molecule has 0 spiro atoms. The summed E-state index contributed by atoms with van der Waals surface area (Å²) < 4.78 is 53.4. The Hall–Kier alpha value is -3.47. The molecule has 2 aromatic rings. The van der Waals surface area contributed by atoms with Gasteiger partial charge in [0.1, 0.15) is 11.4 Å².